The summed E-state index contributed by atoms with van der Waals surface area (Å²) in [4.78, 5) is 22.9. The predicted molar refractivity (Wildman–Crippen MR) is 70.1 cm³/mol. The van der Waals surface area contributed by atoms with Gasteiger partial charge in [-0.15, -0.1) is 0 Å². The first-order valence-electron chi connectivity index (χ1n) is 5.62. The second-order valence-corrected chi connectivity index (χ2v) is 5.76. The lowest BCUT2D eigenvalue weighted by molar-refractivity contribution is 0.129. The summed E-state index contributed by atoms with van der Waals surface area (Å²) < 4.78 is 12.6. The molecule has 2 aromatic rings. The first kappa shape index (κ1) is 13.8. The number of hydrogen-bond donors (Lipinski definition) is 0. The Morgan fingerprint density at radius 3 is 2.68 bits per heavy atom. The zero-order valence-electron chi connectivity index (χ0n) is 11.2. The summed E-state index contributed by atoms with van der Waals surface area (Å²) in [6.45, 7) is 4.34. The molecule has 2 aromatic heterocycles. The molecule has 0 radical (unpaired) electrons. The minimum Gasteiger partial charge on any atom is -0.384 e. The fourth-order valence-electron chi connectivity index (χ4n) is 1.65. The van der Waals surface area contributed by atoms with Gasteiger partial charge in [0.15, 0.2) is 5.82 Å². The van der Waals surface area contributed by atoms with Crippen LogP contribution in [0.15, 0.2) is 20.2 Å². The highest BCUT2D eigenvalue weighted by Gasteiger charge is 2.26. The third kappa shape index (κ3) is 2.41. The maximum atomic E-state index is 11.8. The first-order valence-corrected chi connectivity index (χ1v) is 6.40. The van der Waals surface area contributed by atoms with E-state index in [1.165, 1.54) is 11.0 Å². The zero-order valence-corrected chi connectivity index (χ0v) is 12.0. The van der Waals surface area contributed by atoms with Crippen molar-refractivity contribution in [2.24, 2.45) is 7.05 Å². The highest BCUT2D eigenvalue weighted by atomic mass is 32.1. The van der Waals surface area contributed by atoms with E-state index in [0.29, 0.717) is 18.2 Å². The maximum absolute atomic E-state index is 11.8. The number of hydrogen-bond acceptors (Lipinski definition) is 6. The lowest BCUT2D eigenvalue weighted by Crippen LogP contribution is -2.25. The van der Waals surface area contributed by atoms with E-state index in [-0.39, 0.29) is 10.3 Å². The standard InChI is InChI=1S/C11H15N3O4S/c1-11(2,6-17-4)7-5-8(12-18-7)14-9(15)13(3)10(16)19-14/h5H,6H2,1-4H3. The summed E-state index contributed by atoms with van der Waals surface area (Å²) in [5, 5.41) is 3.84. The van der Waals surface area contributed by atoms with Crippen molar-refractivity contribution in [2.75, 3.05) is 13.7 Å². The second kappa shape index (κ2) is 4.78. The van der Waals surface area contributed by atoms with Gasteiger partial charge in [0.2, 0.25) is 0 Å². The van der Waals surface area contributed by atoms with E-state index in [2.05, 4.69) is 5.16 Å². The lowest BCUT2D eigenvalue weighted by atomic mass is 9.91. The third-order valence-electron chi connectivity index (χ3n) is 2.78. The molecule has 0 aromatic carbocycles. The Bertz CT molecular complexity index is 691. The fourth-order valence-corrected chi connectivity index (χ4v) is 2.39. The Kier molecular flexibility index (Phi) is 3.46. The largest absolute Gasteiger partial charge is 0.384 e. The van der Waals surface area contributed by atoms with Gasteiger partial charge >= 0.3 is 10.6 Å². The van der Waals surface area contributed by atoms with Crippen LogP contribution in [0.2, 0.25) is 0 Å². The average molecular weight is 285 g/mol. The van der Waals surface area contributed by atoms with Gasteiger partial charge < -0.3 is 9.26 Å². The second-order valence-electron chi connectivity index (χ2n) is 4.86. The van der Waals surface area contributed by atoms with Crippen LogP contribution in [-0.4, -0.2) is 27.4 Å². The van der Waals surface area contributed by atoms with Crippen molar-refractivity contribution in [2.45, 2.75) is 19.3 Å². The number of nitrogens with zero attached hydrogens (tertiary/aromatic N) is 3. The molecule has 0 bridgehead atoms. The van der Waals surface area contributed by atoms with Crippen molar-refractivity contribution in [1.29, 1.82) is 0 Å². The smallest absolute Gasteiger partial charge is 0.347 e. The highest BCUT2D eigenvalue weighted by molar-refractivity contribution is 7.03. The van der Waals surface area contributed by atoms with Gasteiger partial charge in [-0.2, -0.15) is 3.96 Å². The molecular weight excluding hydrogens is 270 g/mol. The van der Waals surface area contributed by atoms with Crippen molar-refractivity contribution < 1.29 is 9.26 Å². The van der Waals surface area contributed by atoms with Crippen molar-refractivity contribution in [1.82, 2.24) is 13.7 Å². The van der Waals surface area contributed by atoms with Crippen LogP contribution in [0.4, 0.5) is 0 Å². The SMILES string of the molecule is COCC(C)(C)c1cc(-n2sc(=O)n(C)c2=O)no1. The van der Waals surface area contributed by atoms with Crippen LogP contribution >= 0.6 is 11.5 Å². The first-order chi connectivity index (χ1) is 8.86. The average Bonchev–Trinajstić information content (AvgIpc) is 2.91. The summed E-state index contributed by atoms with van der Waals surface area (Å²) in [5.41, 5.74) is -0.789. The van der Waals surface area contributed by atoms with Crippen LogP contribution in [0.25, 0.3) is 5.82 Å². The molecule has 104 valence electrons. The summed E-state index contributed by atoms with van der Waals surface area (Å²) in [5.74, 6) is 0.909. The maximum Gasteiger partial charge on any atom is 0.347 e. The molecule has 2 rings (SSSR count). The quantitative estimate of drug-likeness (QED) is 0.817. The van der Waals surface area contributed by atoms with E-state index in [4.69, 9.17) is 9.26 Å². The molecule has 0 aliphatic carbocycles. The molecule has 0 saturated carbocycles. The molecule has 0 unspecified atom stereocenters. The molecular formula is C11H15N3O4S. The topological polar surface area (TPSA) is 79.3 Å². The predicted octanol–water partition coefficient (Wildman–Crippen LogP) is 0.510. The molecule has 7 nitrogen and oxygen atoms in total. The van der Waals surface area contributed by atoms with E-state index >= 15 is 0 Å². The third-order valence-corrected chi connectivity index (χ3v) is 3.74. The normalized spacial score (nSPS) is 12.0. The Morgan fingerprint density at radius 1 is 1.47 bits per heavy atom. The monoisotopic (exact) mass is 285 g/mol. The van der Waals surface area contributed by atoms with Gasteiger partial charge in [0.1, 0.15) is 5.76 Å². The molecule has 0 spiro atoms. The van der Waals surface area contributed by atoms with Crippen molar-refractivity contribution in [3.8, 4) is 5.82 Å². The van der Waals surface area contributed by atoms with E-state index in [1.54, 1.807) is 13.2 Å². The van der Waals surface area contributed by atoms with Gasteiger partial charge in [-0.25, -0.2) is 4.79 Å². The number of methoxy groups -OCH3 is 1. The fraction of sp³-hybridized carbons (Fsp3) is 0.545. The van der Waals surface area contributed by atoms with Crippen LogP contribution in [0, 0.1) is 0 Å². The highest BCUT2D eigenvalue weighted by Crippen LogP contribution is 2.25. The molecule has 0 atom stereocenters. The van der Waals surface area contributed by atoms with Crippen LogP contribution in [0.1, 0.15) is 19.6 Å². The van der Waals surface area contributed by atoms with Gasteiger partial charge in [-0.1, -0.05) is 19.0 Å². The Hall–Kier alpha value is -1.67. The number of ether oxygens (including phenoxy) is 1. The van der Waals surface area contributed by atoms with Gasteiger partial charge in [0, 0.05) is 37.2 Å². The lowest BCUT2D eigenvalue weighted by Gasteiger charge is -2.19. The van der Waals surface area contributed by atoms with E-state index in [0.717, 1.165) is 16.1 Å². The summed E-state index contributed by atoms with van der Waals surface area (Å²) in [7, 11) is 3.03. The molecule has 0 N–H and O–H groups in total. The van der Waals surface area contributed by atoms with Crippen LogP contribution in [-0.2, 0) is 17.2 Å². The minimum absolute atomic E-state index is 0.312. The Labute approximate surface area is 113 Å². The van der Waals surface area contributed by atoms with Crippen molar-refractivity contribution in [3.63, 3.8) is 0 Å². The molecule has 0 aliphatic rings. The van der Waals surface area contributed by atoms with Gasteiger partial charge in [0.25, 0.3) is 0 Å². The van der Waals surface area contributed by atoms with Gasteiger partial charge in [-0.3, -0.25) is 9.36 Å². The van der Waals surface area contributed by atoms with Crippen LogP contribution < -0.4 is 10.6 Å². The van der Waals surface area contributed by atoms with E-state index in [1.807, 2.05) is 13.8 Å². The van der Waals surface area contributed by atoms with Crippen molar-refractivity contribution >= 4 is 11.5 Å². The number of aromatic nitrogens is 3. The zero-order chi connectivity index (χ0) is 14.2. The van der Waals surface area contributed by atoms with Crippen LogP contribution in [0.3, 0.4) is 0 Å². The van der Waals surface area contributed by atoms with E-state index in [9.17, 15) is 9.59 Å². The van der Waals surface area contributed by atoms with Crippen LogP contribution in [0.5, 0.6) is 0 Å². The summed E-state index contributed by atoms with van der Waals surface area (Å²) in [6.07, 6.45) is 0. The Morgan fingerprint density at radius 2 is 2.16 bits per heavy atom. The molecule has 2 heterocycles. The number of rotatable bonds is 4. The van der Waals surface area contributed by atoms with Crippen molar-refractivity contribution in [3.05, 3.63) is 32.0 Å². The summed E-state index contributed by atoms with van der Waals surface area (Å²) >= 11 is 0.789. The molecule has 19 heavy (non-hydrogen) atoms. The van der Waals surface area contributed by atoms with Gasteiger partial charge in [-0.05, 0) is 0 Å². The van der Waals surface area contributed by atoms with E-state index < -0.39 is 5.69 Å². The molecule has 0 saturated heterocycles. The molecule has 0 aliphatic heterocycles. The summed E-state index contributed by atoms with van der Waals surface area (Å²) in [6, 6.07) is 1.65. The molecule has 0 fully saturated rings. The molecule has 0 amide bonds. The van der Waals surface area contributed by atoms with Gasteiger partial charge in [0.05, 0.1) is 6.61 Å². The Balaban J connectivity index is 2.44. The molecule has 8 heteroatoms. The minimum atomic E-state index is -0.431.